The molecule has 0 bridgehead atoms. The normalized spacial score (nSPS) is 14.1. The van der Waals surface area contributed by atoms with Gasteiger partial charge in [-0.2, -0.15) is 0 Å². The summed E-state index contributed by atoms with van der Waals surface area (Å²) in [5.41, 5.74) is 8.58. The predicted molar refractivity (Wildman–Crippen MR) is 84.4 cm³/mol. The first-order valence-corrected chi connectivity index (χ1v) is 7.18. The first-order valence-electron chi connectivity index (χ1n) is 6.42. The van der Waals surface area contributed by atoms with Gasteiger partial charge in [0.2, 0.25) is 0 Å². The highest BCUT2D eigenvalue weighted by molar-refractivity contribution is 6.33. The molecule has 0 aliphatic heterocycles. The molecular formula is C16H17Cl2NO. The van der Waals surface area contributed by atoms with Gasteiger partial charge in [0.25, 0.3) is 0 Å². The number of hydrogen-bond acceptors (Lipinski definition) is 2. The molecule has 0 aliphatic carbocycles. The van der Waals surface area contributed by atoms with Crippen molar-refractivity contribution in [3.05, 3.63) is 69.2 Å². The third kappa shape index (κ3) is 3.33. The maximum Gasteiger partial charge on any atom is 0.0885 e. The predicted octanol–water partition coefficient (Wildman–Crippen LogP) is 4.08. The highest BCUT2D eigenvalue weighted by Gasteiger charge is 2.23. The minimum atomic E-state index is -0.784. The SMILES string of the molecule is Cc1cccc(C(CN)C(O)c2cc(Cl)ccc2Cl)c1. The van der Waals surface area contributed by atoms with Crippen molar-refractivity contribution in [3.8, 4) is 0 Å². The van der Waals surface area contributed by atoms with E-state index in [9.17, 15) is 5.11 Å². The molecule has 0 amide bonds. The Hall–Kier alpha value is -1.06. The lowest BCUT2D eigenvalue weighted by Crippen LogP contribution is -2.20. The zero-order valence-electron chi connectivity index (χ0n) is 11.2. The monoisotopic (exact) mass is 309 g/mol. The van der Waals surface area contributed by atoms with Crippen molar-refractivity contribution in [2.24, 2.45) is 5.73 Å². The van der Waals surface area contributed by atoms with E-state index in [4.69, 9.17) is 28.9 Å². The van der Waals surface area contributed by atoms with Crippen LogP contribution in [0.2, 0.25) is 10.0 Å². The number of benzene rings is 2. The summed E-state index contributed by atoms with van der Waals surface area (Å²) in [7, 11) is 0. The smallest absolute Gasteiger partial charge is 0.0885 e. The fourth-order valence-electron chi connectivity index (χ4n) is 2.31. The molecule has 0 fully saturated rings. The van der Waals surface area contributed by atoms with Gasteiger partial charge in [0.15, 0.2) is 0 Å². The zero-order chi connectivity index (χ0) is 14.7. The molecule has 2 aromatic carbocycles. The third-order valence-corrected chi connectivity index (χ3v) is 3.96. The number of halogens is 2. The van der Waals surface area contributed by atoms with E-state index < -0.39 is 6.10 Å². The highest BCUT2D eigenvalue weighted by Crippen LogP contribution is 2.35. The van der Waals surface area contributed by atoms with Gasteiger partial charge < -0.3 is 10.8 Å². The van der Waals surface area contributed by atoms with E-state index in [0.29, 0.717) is 22.2 Å². The summed E-state index contributed by atoms with van der Waals surface area (Å²) in [6.45, 7) is 2.34. The van der Waals surface area contributed by atoms with E-state index in [1.807, 2.05) is 31.2 Å². The lowest BCUT2D eigenvalue weighted by molar-refractivity contribution is 0.147. The Morgan fingerprint density at radius 3 is 2.55 bits per heavy atom. The quantitative estimate of drug-likeness (QED) is 0.894. The molecule has 2 rings (SSSR count). The molecule has 2 aromatic rings. The van der Waals surface area contributed by atoms with Crippen LogP contribution in [0.3, 0.4) is 0 Å². The number of aryl methyl sites for hydroxylation is 1. The molecule has 0 saturated carbocycles. The number of aliphatic hydroxyl groups excluding tert-OH is 1. The van der Waals surface area contributed by atoms with Gasteiger partial charge in [0.05, 0.1) is 6.10 Å². The molecule has 20 heavy (non-hydrogen) atoms. The van der Waals surface area contributed by atoms with Crippen LogP contribution < -0.4 is 5.73 Å². The maximum absolute atomic E-state index is 10.6. The Kier molecular flexibility index (Phi) is 5.06. The molecule has 0 saturated heterocycles. The van der Waals surface area contributed by atoms with Gasteiger partial charge in [-0.1, -0.05) is 53.0 Å². The molecule has 2 nitrogen and oxygen atoms in total. The standard InChI is InChI=1S/C16H17Cl2NO/c1-10-3-2-4-11(7-10)14(9-19)16(20)13-8-12(17)5-6-15(13)18/h2-8,14,16,20H,9,19H2,1H3. The van der Waals surface area contributed by atoms with Gasteiger partial charge in [0.1, 0.15) is 0 Å². The van der Waals surface area contributed by atoms with E-state index in [-0.39, 0.29) is 5.92 Å². The van der Waals surface area contributed by atoms with E-state index in [0.717, 1.165) is 11.1 Å². The summed E-state index contributed by atoms with van der Waals surface area (Å²) < 4.78 is 0. The van der Waals surface area contributed by atoms with Gasteiger partial charge in [-0.15, -0.1) is 0 Å². The second kappa shape index (κ2) is 6.59. The molecule has 0 aromatic heterocycles. The summed E-state index contributed by atoms with van der Waals surface area (Å²) in [4.78, 5) is 0. The van der Waals surface area contributed by atoms with Crippen molar-refractivity contribution < 1.29 is 5.11 Å². The Morgan fingerprint density at radius 2 is 1.90 bits per heavy atom. The second-order valence-electron chi connectivity index (χ2n) is 4.87. The highest BCUT2D eigenvalue weighted by atomic mass is 35.5. The Bertz CT molecular complexity index is 601. The fourth-order valence-corrected chi connectivity index (χ4v) is 2.72. The van der Waals surface area contributed by atoms with E-state index in [2.05, 4.69) is 0 Å². The summed E-state index contributed by atoms with van der Waals surface area (Å²) in [5, 5.41) is 11.6. The molecule has 2 unspecified atom stereocenters. The average molecular weight is 310 g/mol. The fraction of sp³-hybridized carbons (Fsp3) is 0.250. The lowest BCUT2D eigenvalue weighted by atomic mass is 9.88. The first-order chi connectivity index (χ1) is 9.52. The van der Waals surface area contributed by atoms with E-state index in [1.165, 1.54) is 0 Å². The van der Waals surface area contributed by atoms with E-state index >= 15 is 0 Å². The van der Waals surface area contributed by atoms with Crippen LogP contribution in [-0.2, 0) is 0 Å². The van der Waals surface area contributed by atoms with Crippen LogP contribution in [-0.4, -0.2) is 11.7 Å². The third-order valence-electron chi connectivity index (χ3n) is 3.38. The Labute approximate surface area is 129 Å². The van der Waals surface area contributed by atoms with Crippen molar-refractivity contribution in [2.75, 3.05) is 6.54 Å². The second-order valence-corrected chi connectivity index (χ2v) is 5.71. The van der Waals surface area contributed by atoms with Crippen LogP contribution in [0.25, 0.3) is 0 Å². The maximum atomic E-state index is 10.6. The van der Waals surface area contributed by atoms with Crippen LogP contribution in [0.5, 0.6) is 0 Å². The molecule has 0 radical (unpaired) electrons. The minimum absolute atomic E-state index is 0.217. The van der Waals surface area contributed by atoms with Gasteiger partial charge >= 0.3 is 0 Å². The Morgan fingerprint density at radius 1 is 1.15 bits per heavy atom. The number of hydrogen-bond donors (Lipinski definition) is 2. The molecule has 3 N–H and O–H groups in total. The van der Waals surface area contributed by atoms with Crippen molar-refractivity contribution in [1.82, 2.24) is 0 Å². The molecule has 0 heterocycles. The van der Waals surface area contributed by atoms with Crippen molar-refractivity contribution in [2.45, 2.75) is 18.9 Å². The topological polar surface area (TPSA) is 46.2 Å². The van der Waals surface area contributed by atoms with Gasteiger partial charge in [-0.3, -0.25) is 0 Å². The van der Waals surface area contributed by atoms with Crippen LogP contribution in [0.1, 0.15) is 28.7 Å². The summed E-state index contributed by atoms with van der Waals surface area (Å²) >= 11 is 12.1. The summed E-state index contributed by atoms with van der Waals surface area (Å²) in [6, 6.07) is 13.0. The van der Waals surface area contributed by atoms with Crippen LogP contribution >= 0.6 is 23.2 Å². The van der Waals surface area contributed by atoms with Crippen LogP contribution in [0.15, 0.2) is 42.5 Å². The zero-order valence-corrected chi connectivity index (χ0v) is 12.7. The number of nitrogens with two attached hydrogens (primary N) is 1. The lowest BCUT2D eigenvalue weighted by Gasteiger charge is -2.23. The van der Waals surface area contributed by atoms with Crippen LogP contribution in [0.4, 0.5) is 0 Å². The Balaban J connectivity index is 2.38. The minimum Gasteiger partial charge on any atom is -0.388 e. The first kappa shape index (κ1) is 15.3. The molecule has 106 valence electrons. The molecule has 0 spiro atoms. The van der Waals surface area contributed by atoms with Crippen LogP contribution in [0, 0.1) is 6.92 Å². The number of aliphatic hydroxyl groups is 1. The van der Waals surface area contributed by atoms with Gasteiger partial charge in [-0.25, -0.2) is 0 Å². The summed E-state index contributed by atoms with van der Waals surface area (Å²) in [5.74, 6) is -0.217. The van der Waals surface area contributed by atoms with Gasteiger partial charge in [-0.05, 0) is 30.7 Å². The van der Waals surface area contributed by atoms with Crippen molar-refractivity contribution in [3.63, 3.8) is 0 Å². The molecular weight excluding hydrogens is 293 g/mol. The van der Waals surface area contributed by atoms with E-state index in [1.54, 1.807) is 18.2 Å². The largest absolute Gasteiger partial charge is 0.388 e. The van der Waals surface area contributed by atoms with Crippen molar-refractivity contribution in [1.29, 1.82) is 0 Å². The van der Waals surface area contributed by atoms with Gasteiger partial charge in [0, 0.05) is 28.1 Å². The molecule has 2 atom stereocenters. The summed E-state index contributed by atoms with van der Waals surface area (Å²) in [6.07, 6.45) is -0.784. The molecule has 4 heteroatoms. The van der Waals surface area contributed by atoms with Crippen molar-refractivity contribution >= 4 is 23.2 Å². The number of rotatable bonds is 4. The molecule has 0 aliphatic rings. The average Bonchev–Trinajstić information content (AvgIpc) is 2.42.